The number of anilines is 3. The molecule has 0 bridgehead atoms. The Balaban J connectivity index is 1.25. The van der Waals surface area contributed by atoms with Crippen LogP contribution in [-0.4, -0.2) is 56.2 Å². The molecule has 0 spiro atoms. The summed E-state index contributed by atoms with van der Waals surface area (Å²) in [7, 11) is 7.81. The minimum atomic E-state index is -0.284. The van der Waals surface area contributed by atoms with E-state index in [0.29, 0.717) is 22.6 Å². The van der Waals surface area contributed by atoms with Crippen LogP contribution in [0.4, 0.5) is 17.1 Å². The summed E-state index contributed by atoms with van der Waals surface area (Å²) < 4.78 is 0. The Hall–Kier alpha value is -5.44. The molecule has 0 unspecified atom stereocenters. The summed E-state index contributed by atoms with van der Waals surface area (Å²) in [6.07, 6.45) is 1.59. The van der Waals surface area contributed by atoms with Gasteiger partial charge in [-0.05, 0) is 78.4 Å². The molecule has 0 aliphatic carbocycles. The Morgan fingerprint density at radius 3 is 2.05 bits per heavy atom. The van der Waals surface area contributed by atoms with Gasteiger partial charge in [0.15, 0.2) is 0 Å². The van der Waals surface area contributed by atoms with E-state index in [1.807, 2.05) is 117 Å². The molecule has 0 saturated carbocycles. The molecule has 9 nitrogen and oxygen atoms in total. The number of hydrogen-bond donors (Lipinski definition) is 3. The Kier molecular flexibility index (Phi) is 7.78. The van der Waals surface area contributed by atoms with Gasteiger partial charge in [-0.2, -0.15) is 5.10 Å². The van der Waals surface area contributed by atoms with Crippen LogP contribution in [0.15, 0.2) is 96.1 Å². The zero-order valence-electron chi connectivity index (χ0n) is 23.3. The monoisotopic (exact) mass is 545 g/mol. The lowest BCUT2D eigenvalue weighted by molar-refractivity contribution is 0.0954. The van der Waals surface area contributed by atoms with Crippen molar-refractivity contribution >= 4 is 46.1 Å². The van der Waals surface area contributed by atoms with Crippen molar-refractivity contribution in [3.63, 3.8) is 0 Å². The van der Waals surface area contributed by atoms with E-state index in [9.17, 15) is 9.59 Å². The van der Waals surface area contributed by atoms with E-state index in [0.717, 1.165) is 33.5 Å². The number of aromatic nitrogens is 2. The maximum atomic E-state index is 12.8. The molecule has 206 valence electrons. The van der Waals surface area contributed by atoms with E-state index < -0.39 is 0 Å². The summed E-state index contributed by atoms with van der Waals surface area (Å²) in [6, 6.07) is 28.0. The number of imidazole rings is 1. The second kappa shape index (κ2) is 11.7. The molecule has 0 aliphatic heterocycles. The lowest BCUT2D eigenvalue weighted by atomic mass is 10.1. The average Bonchev–Trinajstić information content (AvgIpc) is 3.41. The van der Waals surface area contributed by atoms with E-state index in [-0.39, 0.29) is 11.8 Å². The van der Waals surface area contributed by atoms with Crippen LogP contribution in [-0.2, 0) is 0 Å². The summed E-state index contributed by atoms with van der Waals surface area (Å²) >= 11 is 0. The largest absolute Gasteiger partial charge is 0.378 e. The number of carbonyl (C=O) groups excluding carboxylic acids is 2. The van der Waals surface area contributed by atoms with Crippen LogP contribution < -0.4 is 20.5 Å². The quantitative estimate of drug-likeness (QED) is 0.179. The topological polar surface area (TPSA) is 106 Å². The number of rotatable bonds is 8. The van der Waals surface area contributed by atoms with Gasteiger partial charge >= 0.3 is 0 Å². The van der Waals surface area contributed by atoms with Gasteiger partial charge < -0.3 is 20.1 Å². The number of H-pyrrole nitrogens is 1. The van der Waals surface area contributed by atoms with Crippen LogP contribution in [0.5, 0.6) is 0 Å². The highest BCUT2D eigenvalue weighted by molar-refractivity contribution is 6.05. The minimum absolute atomic E-state index is 0.181. The Bertz CT molecular complexity index is 1720. The summed E-state index contributed by atoms with van der Waals surface area (Å²) in [6.45, 7) is 0. The number of hydrazone groups is 1. The van der Waals surface area contributed by atoms with Crippen LogP contribution in [0.25, 0.3) is 22.4 Å². The van der Waals surface area contributed by atoms with Gasteiger partial charge in [0, 0.05) is 61.9 Å². The van der Waals surface area contributed by atoms with E-state index in [1.165, 1.54) is 0 Å². The maximum absolute atomic E-state index is 12.8. The van der Waals surface area contributed by atoms with E-state index >= 15 is 0 Å². The second-order valence-corrected chi connectivity index (χ2v) is 9.98. The van der Waals surface area contributed by atoms with Gasteiger partial charge in [0.25, 0.3) is 11.8 Å². The summed E-state index contributed by atoms with van der Waals surface area (Å²) in [5.74, 6) is 0.218. The molecule has 5 aromatic rings. The molecule has 1 heterocycles. The maximum Gasteiger partial charge on any atom is 0.271 e. The zero-order chi connectivity index (χ0) is 28.9. The fraction of sp³-hybridized carbons (Fsp3) is 0.125. The van der Waals surface area contributed by atoms with Gasteiger partial charge in [-0.25, -0.2) is 10.4 Å². The predicted molar refractivity (Wildman–Crippen MR) is 166 cm³/mol. The van der Waals surface area contributed by atoms with Gasteiger partial charge in [-0.1, -0.05) is 18.2 Å². The Labute approximate surface area is 238 Å². The first-order valence-corrected chi connectivity index (χ1v) is 13.1. The normalized spacial score (nSPS) is 11.0. The van der Waals surface area contributed by atoms with E-state index in [2.05, 4.69) is 20.8 Å². The third-order valence-corrected chi connectivity index (χ3v) is 6.57. The number of amides is 2. The molecule has 0 saturated heterocycles. The van der Waals surface area contributed by atoms with Gasteiger partial charge in [0.2, 0.25) is 0 Å². The molecular formula is C32H31N7O2. The number of hydrogen-bond acceptors (Lipinski definition) is 6. The highest BCUT2D eigenvalue weighted by Crippen LogP contribution is 2.24. The minimum Gasteiger partial charge on any atom is -0.378 e. The van der Waals surface area contributed by atoms with Crippen LogP contribution >= 0.6 is 0 Å². The molecule has 0 atom stereocenters. The van der Waals surface area contributed by atoms with Crippen LogP contribution in [0.2, 0.25) is 0 Å². The third-order valence-electron chi connectivity index (χ3n) is 6.57. The molecule has 41 heavy (non-hydrogen) atoms. The van der Waals surface area contributed by atoms with Crippen molar-refractivity contribution in [1.29, 1.82) is 0 Å². The number of carbonyl (C=O) groups is 2. The first kappa shape index (κ1) is 27.1. The number of fused-ring (bicyclic) bond motifs is 1. The zero-order valence-corrected chi connectivity index (χ0v) is 23.3. The molecule has 9 heteroatoms. The van der Waals surface area contributed by atoms with Crippen LogP contribution in [0, 0.1) is 0 Å². The molecular weight excluding hydrogens is 514 g/mol. The number of nitrogens with zero attached hydrogens (tertiary/aromatic N) is 4. The van der Waals surface area contributed by atoms with E-state index in [1.54, 1.807) is 18.3 Å². The molecule has 0 fully saturated rings. The fourth-order valence-corrected chi connectivity index (χ4v) is 4.25. The van der Waals surface area contributed by atoms with Gasteiger partial charge in [0.05, 0.1) is 17.2 Å². The molecule has 1 aromatic heterocycles. The average molecular weight is 546 g/mol. The molecule has 0 radical (unpaired) electrons. The third kappa shape index (κ3) is 6.42. The smallest absolute Gasteiger partial charge is 0.271 e. The standard InChI is InChI=1S/C32H31N7O2/c1-38(2)26-13-8-22(9-14-26)31(40)34-25-12-17-28-29(19-25)36-30(35-28)24-7-5-6-21(18-24)20-33-37-32(41)23-10-15-27(16-11-23)39(3)4/h5-20H,1-4H3,(H,34,40)(H,35,36)(H,37,41)/b33-20-. The lowest BCUT2D eigenvalue weighted by Crippen LogP contribution is -2.17. The van der Waals surface area contributed by atoms with Crippen LogP contribution in [0.1, 0.15) is 26.3 Å². The SMILES string of the molecule is CN(C)c1ccc(C(=O)N/N=C\c2cccc(-c3nc4ccc(NC(=O)c5ccc(N(C)C)cc5)cc4[nH]3)c2)cc1. The highest BCUT2D eigenvalue weighted by atomic mass is 16.2. The van der Waals surface area contributed by atoms with Crippen molar-refractivity contribution in [2.75, 3.05) is 43.3 Å². The first-order valence-electron chi connectivity index (χ1n) is 13.1. The molecule has 3 N–H and O–H groups in total. The molecule has 4 aromatic carbocycles. The van der Waals surface area contributed by atoms with Crippen molar-refractivity contribution in [2.24, 2.45) is 5.10 Å². The predicted octanol–water partition coefficient (Wildman–Crippen LogP) is 5.38. The lowest BCUT2D eigenvalue weighted by Gasteiger charge is -2.12. The summed E-state index contributed by atoms with van der Waals surface area (Å²) in [5.41, 5.74) is 9.64. The Morgan fingerprint density at radius 2 is 1.41 bits per heavy atom. The number of aromatic amines is 1. The van der Waals surface area contributed by atoms with Crippen molar-refractivity contribution < 1.29 is 9.59 Å². The fourth-order valence-electron chi connectivity index (χ4n) is 4.25. The van der Waals surface area contributed by atoms with E-state index in [4.69, 9.17) is 4.98 Å². The van der Waals surface area contributed by atoms with Gasteiger partial charge in [-0.3, -0.25) is 9.59 Å². The van der Waals surface area contributed by atoms with Crippen LogP contribution in [0.3, 0.4) is 0 Å². The van der Waals surface area contributed by atoms with Crippen molar-refractivity contribution in [2.45, 2.75) is 0 Å². The summed E-state index contributed by atoms with van der Waals surface area (Å²) in [5, 5.41) is 7.08. The van der Waals surface area contributed by atoms with Gasteiger partial charge in [-0.15, -0.1) is 0 Å². The van der Waals surface area contributed by atoms with Crippen molar-refractivity contribution in [3.8, 4) is 11.4 Å². The first-order chi connectivity index (χ1) is 19.8. The number of benzene rings is 4. The number of nitrogens with one attached hydrogen (secondary N) is 3. The molecule has 2 amide bonds. The highest BCUT2D eigenvalue weighted by Gasteiger charge is 2.10. The van der Waals surface area contributed by atoms with Crippen molar-refractivity contribution in [3.05, 3.63) is 108 Å². The summed E-state index contributed by atoms with van der Waals surface area (Å²) in [4.78, 5) is 37.2. The second-order valence-electron chi connectivity index (χ2n) is 9.98. The molecule has 0 aliphatic rings. The van der Waals surface area contributed by atoms with Gasteiger partial charge in [0.1, 0.15) is 5.82 Å². The molecule has 5 rings (SSSR count). The van der Waals surface area contributed by atoms with Crippen molar-refractivity contribution in [1.82, 2.24) is 15.4 Å². The Morgan fingerprint density at radius 1 is 0.780 bits per heavy atom.